The summed E-state index contributed by atoms with van der Waals surface area (Å²) in [5, 5.41) is 8.11. The average Bonchev–Trinajstić information content (AvgIpc) is 3.60. The molecule has 9 nitrogen and oxygen atoms in total. The molecule has 8 bridgehead atoms. The van der Waals surface area contributed by atoms with Gasteiger partial charge in [-0.1, -0.05) is 6.42 Å². The summed E-state index contributed by atoms with van der Waals surface area (Å²) in [6, 6.07) is 8.01. The Balaban J connectivity index is 1.59. The molecule has 1 saturated carbocycles. The van der Waals surface area contributed by atoms with Crippen LogP contribution in [0.3, 0.4) is 0 Å². The number of imidazole rings is 1. The maximum atomic E-state index is 13.7. The molecule has 0 spiro atoms. The van der Waals surface area contributed by atoms with Crippen LogP contribution >= 0.6 is 11.3 Å². The lowest BCUT2D eigenvalue weighted by Gasteiger charge is -2.24. The maximum absolute atomic E-state index is 13.7. The molecule has 0 aromatic carbocycles. The second kappa shape index (κ2) is 7.28. The van der Waals surface area contributed by atoms with Crippen LogP contribution in [0.15, 0.2) is 55.2 Å². The van der Waals surface area contributed by atoms with Crippen LogP contribution in [-0.2, 0) is 0 Å². The highest BCUT2D eigenvalue weighted by Gasteiger charge is 2.27. The standard InChI is InChI=1S/C26H18N8OS/c35-26(13-2-1-3-13)34-15-6-14(8-27-9-15)18-7-16-19(12-29-18)32-33-24(16)25-30-20-11-28-10-17(23(20)31-25)21-4-5-22(34)36-21/h4-13,32-33H,1-3H2. The molecular formula is C26H18N8OS. The maximum Gasteiger partial charge on any atom is 0.235 e. The minimum atomic E-state index is 0.0299. The smallest absolute Gasteiger partial charge is 0.235 e. The molecule has 5 aromatic heterocycles. The van der Waals surface area contributed by atoms with E-state index in [4.69, 9.17) is 9.97 Å². The third-order valence-electron chi connectivity index (χ3n) is 7.09. The van der Waals surface area contributed by atoms with Gasteiger partial charge in [-0.2, -0.15) is 0 Å². The van der Waals surface area contributed by atoms with Crippen molar-refractivity contribution in [3.05, 3.63) is 55.2 Å². The highest BCUT2D eigenvalue weighted by molar-refractivity contribution is 7.24. The van der Waals surface area contributed by atoms with Crippen molar-refractivity contribution in [3.63, 3.8) is 0 Å². The molecule has 1 fully saturated rings. The van der Waals surface area contributed by atoms with Crippen molar-refractivity contribution in [2.45, 2.75) is 19.3 Å². The minimum absolute atomic E-state index is 0.0299. The number of carbonyl (C=O) groups excluding carboxylic acids is 1. The fourth-order valence-electron chi connectivity index (χ4n) is 4.96. The molecule has 7 heterocycles. The van der Waals surface area contributed by atoms with Gasteiger partial charge in [0.2, 0.25) is 5.91 Å². The van der Waals surface area contributed by atoms with Crippen LogP contribution in [0.2, 0.25) is 0 Å². The molecule has 0 radical (unpaired) electrons. The van der Waals surface area contributed by atoms with Crippen molar-refractivity contribution in [2.24, 2.45) is 5.92 Å². The largest absolute Gasteiger partial charge is 0.298 e. The lowest BCUT2D eigenvalue weighted by atomic mass is 9.84. The van der Waals surface area contributed by atoms with E-state index in [0.29, 0.717) is 5.65 Å². The van der Waals surface area contributed by atoms with Crippen molar-refractivity contribution in [1.82, 2.24) is 39.7 Å². The summed E-state index contributed by atoms with van der Waals surface area (Å²) in [4.78, 5) is 37.8. The third-order valence-corrected chi connectivity index (χ3v) is 8.20. The number of aromatic amines is 2. The Labute approximate surface area is 206 Å². The van der Waals surface area contributed by atoms with Crippen molar-refractivity contribution < 1.29 is 4.79 Å². The van der Waals surface area contributed by atoms with Gasteiger partial charge >= 0.3 is 0 Å². The highest BCUT2D eigenvalue weighted by Crippen LogP contribution is 2.34. The first-order chi connectivity index (χ1) is 17.7. The summed E-state index contributed by atoms with van der Waals surface area (Å²) in [7, 11) is 0. The van der Waals surface area contributed by atoms with E-state index in [1.54, 1.807) is 36.1 Å². The quantitative estimate of drug-likeness (QED) is 0.309. The van der Waals surface area contributed by atoms with E-state index in [9.17, 15) is 4.79 Å². The highest BCUT2D eigenvalue weighted by atomic mass is 32.1. The van der Waals surface area contributed by atoms with Gasteiger partial charge in [-0.25, -0.2) is 9.97 Å². The van der Waals surface area contributed by atoms with Crippen molar-refractivity contribution in [2.75, 3.05) is 0 Å². The lowest BCUT2D eigenvalue weighted by Crippen LogP contribution is -2.27. The lowest BCUT2D eigenvalue weighted by molar-refractivity contribution is 0.0776. The number of H-pyrrole nitrogens is 2. The Morgan fingerprint density at radius 1 is 0.972 bits per heavy atom. The molecule has 5 aromatic rings. The van der Waals surface area contributed by atoms with Gasteiger partial charge in [0, 0.05) is 39.3 Å². The van der Waals surface area contributed by atoms with Crippen LogP contribution in [0.1, 0.15) is 24.1 Å². The average molecular weight is 491 g/mol. The Kier molecular flexibility index (Phi) is 4.01. The number of pyridine rings is 3. The fourth-order valence-corrected chi connectivity index (χ4v) is 6.00. The molecule has 3 aliphatic rings. The number of fused-ring (bicyclic) bond motifs is 9. The minimum Gasteiger partial charge on any atom is -0.298 e. The second-order valence-electron chi connectivity index (χ2n) is 9.21. The van der Waals surface area contributed by atoms with Gasteiger partial charge < -0.3 is 0 Å². The van der Waals surface area contributed by atoms with Gasteiger partial charge in [0.15, 0.2) is 5.65 Å². The number of nitrogens with zero attached hydrogens (tertiary/aromatic N) is 6. The summed E-state index contributed by atoms with van der Waals surface area (Å²) in [5.74, 6) is 0.137. The third kappa shape index (κ3) is 2.81. The van der Waals surface area contributed by atoms with E-state index < -0.39 is 0 Å². The van der Waals surface area contributed by atoms with E-state index in [1.807, 2.05) is 35.0 Å². The Morgan fingerprint density at radius 3 is 2.78 bits per heavy atom. The number of carbonyl (C=O) groups is 1. The van der Waals surface area contributed by atoms with Crippen LogP contribution in [0.25, 0.3) is 64.8 Å². The van der Waals surface area contributed by atoms with Gasteiger partial charge in [0.25, 0.3) is 0 Å². The van der Waals surface area contributed by atoms with E-state index in [2.05, 4.69) is 25.1 Å². The summed E-state index contributed by atoms with van der Waals surface area (Å²) in [5.41, 5.74) is 6.12. The summed E-state index contributed by atoms with van der Waals surface area (Å²) >= 11 is 1.55. The first kappa shape index (κ1) is 19.8. The van der Waals surface area contributed by atoms with Crippen LogP contribution in [0, 0.1) is 5.92 Å². The molecule has 2 aliphatic heterocycles. The summed E-state index contributed by atoms with van der Waals surface area (Å²) < 4.78 is 2.79. The first-order valence-corrected chi connectivity index (χ1v) is 12.6. The topological polar surface area (TPSA) is 118 Å². The SMILES string of the molecule is O=C(C1CCC1)n1c2cncc(c2)c2cc3c(cn2)[nH][nH]c-3c2nc3cncc(c4ccc1s4)c3n2. The van der Waals surface area contributed by atoms with Crippen molar-refractivity contribution in [3.8, 4) is 11.3 Å². The van der Waals surface area contributed by atoms with E-state index in [-0.39, 0.29) is 11.8 Å². The number of rotatable bonds is 1. The van der Waals surface area contributed by atoms with Gasteiger partial charge in [-0.05, 0) is 37.1 Å². The number of thiophene rings is 1. The number of aromatic nitrogens is 8. The zero-order chi connectivity index (χ0) is 23.8. The molecule has 8 rings (SSSR count). The van der Waals surface area contributed by atoms with E-state index >= 15 is 0 Å². The van der Waals surface area contributed by atoms with E-state index in [0.717, 1.165) is 78.4 Å². The Bertz CT molecular complexity index is 2020. The van der Waals surface area contributed by atoms with Crippen LogP contribution in [-0.4, -0.2) is 45.6 Å². The summed E-state index contributed by atoms with van der Waals surface area (Å²) in [6.45, 7) is 0. The normalized spacial score (nSPS) is 14.3. The number of hydrogen-bond donors (Lipinski definition) is 2. The summed E-state index contributed by atoms with van der Waals surface area (Å²) in [6.07, 6.45) is 11.8. The van der Waals surface area contributed by atoms with Crippen LogP contribution in [0.5, 0.6) is 0 Å². The van der Waals surface area contributed by atoms with Gasteiger partial charge in [-0.15, -0.1) is 11.3 Å². The van der Waals surface area contributed by atoms with Gasteiger partial charge in [0.1, 0.15) is 21.6 Å². The first-order valence-electron chi connectivity index (χ1n) is 11.8. The molecular weight excluding hydrogens is 472 g/mol. The van der Waals surface area contributed by atoms with E-state index in [1.165, 1.54) is 0 Å². The van der Waals surface area contributed by atoms with Crippen molar-refractivity contribution >= 4 is 70.8 Å². The fraction of sp³-hybridized carbons (Fsp3) is 0.154. The number of hydrogen-bond acceptors (Lipinski definition) is 7. The molecule has 1 aliphatic carbocycles. The predicted molar refractivity (Wildman–Crippen MR) is 140 cm³/mol. The monoisotopic (exact) mass is 490 g/mol. The van der Waals surface area contributed by atoms with Crippen LogP contribution < -0.4 is 0 Å². The predicted octanol–water partition coefficient (Wildman–Crippen LogP) is 5.62. The molecule has 0 atom stereocenters. The van der Waals surface area contributed by atoms with Gasteiger partial charge in [-0.3, -0.25) is 34.5 Å². The molecule has 36 heavy (non-hydrogen) atoms. The molecule has 2 N–H and O–H groups in total. The Hall–Kier alpha value is -4.44. The molecule has 0 unspecified atom stereocenters. The second-order valence-corrected chi connectivity index (χ2v) is 10.3. The number of nitrogens with one attached hydrogen (secondary N) is 2. The zero-order valence-electron chi connectivity index (χ0n) is 18.9. The van der Waals surface area contributed by atoms with Crippen molar-refractivity contribution in [1.29, 1.82) is 0 Å². The molecule has 174 valence electrons. The van der Waals surface area contributed by atoms with Gasteiger partial charge in [0.05, 0.1) is 35.1 Å². The Morgan fingerprint density at radius 2 is 1.89 bits per heavy atom. The molecule has 10 heteroatoms. The zero-order valence-corrected chi connectivity index (χ0v) is 19.7. The van der Waals surface area contributed by atoms with Crippen LogP contribution in [0.4, 0.5) is 0 Å². The molecule has 0 amide bonds. The molecule has 0 saturated heterocycles.